The first-order valence-corrected chi connectivity index (χ1v) is 5.66. The van der Waals surface area contributed by atoms with Gasteiger partial charge in [0.05, 0.1) is 0 Å². The first kappa shape index (κ1) is 11.5. The third-order valence-corrected chi connectivity index (χ3v) is 2.84. The molecule has 0 amide bonds. The van der Waals surface area contributed by atoms with Crippen LogP contribution in [0.2, 0.25) is 0 Å². The van der Waals surface area contributed by atoms with E-state index in [1.54, 1.807) is 0 Å². The van der Waals surface area contributed by atoms with Gasteiger partial charge in [-0.25, -0.2) is 0 Å². The summed E-state index contributed by atoms with van der Waals surface area (Å²) in [5, 5.41) is 0. The van der Waals surface area contributed by atoms with Crippen molar-refractivity contribution >= 4 is 17.1 Å². The van der Waals surface area contributed by atoms with E-state index in [4.69, 9.17) is 0 Å². The zero-order valence-electron chi connectivity index (χ0n) is 9.94. The fourth-order valence-corrected chi connectivity index (χ4v) is 1.78. The Kier molecular flexibility index (Phi) is 3.05. The van der Waals surface area contributed by atoms with Crippen LogP contribution in [0.15, 0.2) is 42.5 Å². The molecule has 0 atom stereocenters. The lowest BCUT2D eigenvalue weighted by atomic mass is 9.94. The van der Waals surface area contributed by atoms with E-state index in [2.05, 4.69) is 13.8 Å². The minimum atomic E-state index is -0.132. The summed E-state index contributed by atoms with van der Waals surface area (Å²) < 4.78 is 0. The van der Waals surface area contributed by atoms with Crippen LogP contribution in [0.25, 0.3) is 5.57 Å². The van der Waals surface area contributed by atoms with Crippen LogP contribution in [-0.2, 0) is 9.59 Å². The van der Waals surface area contributed by atoms with Crippen molar-refractivity contribution in [3.63, 3.8) is 0 Å². The van der Waals surface area contributed by atoms with Gasteiger partial charge in [0.2, 0.25) is 0 Å². The summed E-state index contributed by atoms with van der Waals surface area (Å²) in [6.07, 6.45) is 4.02. The number of allylic oxidation sites excluding steroid dienone is 4. The summed E-state index contributed by atoms with van der Waals surface area (Å²) >= 11 is 0. The van der Waals surface area contributed by atoms with Gasteiger partial charge in [-0.1, -0.05) is 38.1 Å². The van der Waals surface area contributed by atoms with Gasteiger partial charge in [-0.05, 0) is 35.3 Å². The molecule has 0 aliphatic heterocycles. The zero-order chi connectivity index (χ0) is 12.4. The SMILES string of the molecule is CC(C)c1ccc(C2=CC(=O)C=CC2=O)cc1. The number of hydrogen-bond donors (Lipinski definition) is 0. The molecule has 2 rings (SSSR count). The van der Waals surface area contributed by atoms with E-state index in [1.807, 2.05) is 24.3 Å². The Morgan fingerprint density at radius 1 is 0.941 bits per heavy atom. The van der Waals surface area contributed by atoms with Crippen LogP contribution >= 0.6 is 0 Å². The lowest BCUT2D eigenvalue weighted by Crippen LogP contribution is -2.06. The quantitative estimate of drug-likeness (QED) is 0.726. The first-order chi connectivity index (χ1) is 8.08. The average Bonchev–Trinajstić information content (AvgIpc) is 2.32. The predicted octanol–water partition coefficient (Wildman–Crippen LogP) is 2.90. The van der Waals surface area contributed by atoms with Crippen molar-refractivity contribution in [2.45, 2.75) is 19.8 Å². The van der Waals surface area contributed by atoms with Crippen LogP contribution in [0.3, 0.4) is 0 Å². The number of carbonyl (C=O) groups excluding carboxylic acids is 2. The van der Waals surface area contributed by atoms with Gasteiger partial charge < -0.3 is 0 Å². The maximum atomic E-state index is 11.7. The zero-order valence-corrected chi connectivity index (χ0v) is 9.94. The van der Waals surface area contributed by atoms with E-state index in [0.717, 1.165) is 5.56 Å². The highest BCUT2D eigenvalue weighted by molar-refractivity contribution is 6.33. The van der Waals surface area contributed by atoms with E-state index in [9.17, 15) is 9.59 Å². The molecule has 0 saturated heterocycles. The normalized spacial score (nSPS) is 15.4. The van der Waals surface area contributed by atoms with E-state index in [1.165, 1.54) is 23.8 Å². The third kappa shape index (κ3) is 2.41. The summed E-state index contributed by atoms with van der Waals surface area (Å²) in [7, 11) is 0. The second-order valence-electron chi connectivity index (χ2n) is 4.43. The Bertz CT molecular complexity index is 516. The van der Waals surface area contributed by atoms with Gasteiger partial charge in [0.25, 0.3) is 0 Å². The monoisotopic (exact) mass is 226 g/mol. The molecule has 0 N–H and O–H groups in total. The van der Waals surface area contributed by atoms with Crippen LogP contribution in [0.5, 0.6) is 0 Å². The number of rotatable bonds is 2. The summed E-state index contributed by atoms with van der Waals surface area (Å²) in [5.41, 5.74) is 2.50. The maximum absolute atomic E-state index is 11.7. The molecule has 0 aromatic heterocycles. The second-order valence-corrected chi connectivity index (χ2v) is 4.43. The Hall–Kier alpha value is -1.96. The summed E-state index contributed by atoms with van der Waals surface area (Å²) in [5.74, 6) is 0.219. The Morgan fingerprint density at radius 3 is 2.18 bits per heavy atom. The molecular formula is C15H14O2. The Balaban J connectivity index is 2.35. The molecule has 1 aliphatic rings. The topological polar surface area (TPSA) is 34.1 Å². The maximum Gasteiger partial charge on any atom is 0.186 e. The van der Waals surface area contributed by atoms with E-state index in [0.29, 0.717) is 11.5 Å². The molecule has 0 heterocycles. The fourth-order valence-electron chi connectivity index (χ4n) is 1.78. The number of hydrogen-bond acceptors (Lipinski definition) is 2. The fraction of sp³-hybridized carbons (Fsp3) is 0.200. The van der Waals surface area contributed by atoms with Crippen molar-refractivity contribution in [3.8, 4) is 0 Å². The van der Waals surface area contributed by atoms with Crippen LogP contribution in [0.1, 0.15) is 30.9 Å². The van der Waals surface area contributed by atoms with Gasteiger partial charge in [-0.2, -0.15) is 0 Å². The highest BCUT2D eigenvalue weighted by atomic mass is 16.1. The minimum Gasteiger partial charge on any atom is -0.290 e. The molecule has 1 aromatic carbocycles. The molecular weight excluding hydrogens is 212 g/mol. The molecule has 0 saturated carbocycles. The lowest BCUT2D eigenvalue weighted by Gasteiger charge is -2.09. The number of benzene rings is 1. The van der Waals surface area contributed by atoms with Crippen molar-refractivity contribution in [1.82, 2.24) is 0 Å². The van der Waals surface area contributed by atoms with Crippen LogP contribution in [0.4, 0.5) is 0 Å². The van der Waals surface area contributed by atoms with Crippen LogP contribution in [0, 0.1) is 0 Å². The molecule has 0 radical (unpaired) electrons. The second kappa shape index (κ2) is 4.50. The Morgan fingerprint density at radius 2 is 1.59 bits per heavy atom. The molecule has 2 nitrogen and oxygen atoms in total. The van der Waals surface area contributed by atoms with Gasteiger partial charge >= 0.3 is 0 Å². The highest BCUT2D eigenvalue weighted by Crippen LogP contribution is 2.22. The van der Waals surface area contributed by atoms with Gasteiger partial charge in [0.1, 0.15) is 0 Å². The molecule has 0 spiro atoms. The van der Waals surface area contributed by atoms with E-state index < -0.39 is 0 Å². The molecule has 1 aliphatic carbocycles. The smallest absolute Gasteiger partial charge is 0.186 e. The van der Waals surface area contributed by atoms with Crippen LogP contribution in [-0.4, -0.2) is 11.6 Å². The first-order valence-electron chi connectivity index (χ1n) is 5.66. The van der Waals surface area contributed by atoms with E-state index in [-0.39, 0.29) is 11.6 Å². The van der Waals surface area contributed by atoms with Gasteiger partial charge in [-0.3, -0.25) is 9.59 Å². The Labute approximate surface area is 101 Å². The van der Waals surface area contributed by atoms with Crippen molar-refractivity contribution in [2.24, 2.45) is 0 Å². The summed E-state index contributed by atoms with van der Waals surface area (Å²) in [6.45, 7) is 4.23. The number of carbonyl (C=O) groups is 2. The minimum absolute atomic E-state index is 0.109. The average molecular weight is 226 g/mol. The standard InChI is InChI=1S/C15H14O2/c1-10(2)11-3-5-12(6-4-11)14-9-13(16)7-8-15(14)17/h3-10H,1-2H3. The molecule has 2 heteroatoms. The molecule has 1 aromatic rings. The predicted molar refractivity (Wildman–Crippen MR) is 67.7 cm³/mol. The molecule has 17 heavy (non-hydrogen) atoms. The van der Waals surface area contributed by atoms with Crippen molar-refractivity contribution in [1.29, 1.82) is 0 Å². The lowest BCUT2D eigenvalue weighted by molar-refractivity contribution is -0.113. The molecule has 0 fully saturated rings. The largest absolute Gasteiger partial charge is 0.290 e. The van der Waals surface area contributed by atoms with Gasteiger partial charge in [0, 0.05) is 5.57 Å². The summed E-state index contributed by atoms with van der Waals surface area (Å²) in [4.78, 5) is 22.9. The molecule has 0 bridgehead atoms. The number of ketones is 2. The van der Waals surface area contributed by atoms with Crippen molar-refractivity contribution in [2.75, 3.05) is 0 Å². The van der Waals surface area contributed by atoms with E-state index >= 15 is 0 Å². The van der Waals surface area contributed by atoms with Crippen LogP contribution < -0.4 is 0 Å². The summed E-state index contributed by atoms with van der Waals surface area (Å²) in [6, 6.07) is 7.78. The van der Waals surface area contributed by atoms with Crippen molar-refractivity contribution in [3.05, 3.63) is 53.6 Å². The van der Waals surface area contributed by atoms with Gasteiger partial charge in [0.15, 0.2) is 11.6 Å². The molecule has 86 valence electrons. The van der Waals surface area contributed by atoms with Crippen molar-refractivity contribution < 1.29 is 9.59 Å². The van der Waals surface area contributed by atoms with Gasteiger partial charge in [-0.15, -0.1) is 0 Å². The third-order valence-electron chi connectivity index (χ3n) is 2.84. The highest BCUT2D eigenvalue weighted by Gasteiger charge is 2.14. The molecule has 0 unspecified atom stereocenters.